The van der Waals surface area contributed by atoms with Gasteiger partial charge in [-0.3, -0.25) is 4.72 Å². The molecule has 0 fully saturated rings. The van der Waals surface area contributed by atoms with Crippen LogP contribution in [-0.2, 0) is 10.0 Å². The Morgan fingerprint density at radius 2 is 2.25 bits per heavy atom. The van der Waals surface area contributed by atoms with Crippen molar-refractivity contribution in [3.05, 3.63) is 42.1 Å². The highest BCUT2D eigenvalue weighted by Gasteiger charge is 2.16. The summed E-state index contributed by atoms with van der Waals surface area (Å²) in [4.78, 5) is 6.11. The van der Waals surface area contributed by atoms with Crippen LogP contribution in [0.2, 0.25) is 0 Å². The quantitative estimate of drug-likeness (QED) is 0.724. The van der Waals surface area contributed by atoms with Crippen LogP contribution in [0.4, 0.5) is 10.1 Å². The molecule has 104 valence electrons. The Bertz CT molecular complexity index is 760. The molecule has 0 saturated heterocycles. The highest BCUT2D eigenvalue weighted by molar-refractivity contribution is 7.92. The van der Waals surface area contributed by atoms with E-state index < -0.39 is 15.8 Å². The third kappa shape index (κ3) is 3.14. The molecule has 0 unspecified atom stereocenters. The summed E-state index contributed by atoms with van der Waals surface area (Å²) in [5, 5.41) is -0.0867. The number of anilines is 1. The smallest absolute Gasteiger partial charge is 0.278 e. The largest absolute Gasteiger partial charge is 0.334 e. The van der Waals surface area contributed by atoms with Gasteiger partial charge in [-0.15, -0.1) is 0 Å². The lowest BCUT2D eigenvalue weighted by molar-refractivity contribution is 0.598. The molecule has 1 aromatic heterocycles. The molecule has 2 rings (SSSR count). The number of imidazole rings is 1. The fourth-order valence-corrected chi connectivity index (χ4v) is 2.39. The van der Waals surface area contributed by atoms with Gasteiger partial charge in [-0.2, -0.15) is 8.42 Å². The Hall–Kier alpha value is -2.37. The number of H-pyrrole nitrogens is 1. The minimum Gasteiger partial charge on any atom is -0.334 e. The molecule has 1 heterocycles. The molecule has 20 heavy (non-hydrogen) atoms. The SMILES string of the molecule is NCC#Cc1cc(NS(=O)(=O)c2cnc[nH]2)ccc1F. The Labute approximate surface area is 115 Å². The molecule has 0 aliphatic rings. The van der Waals surface area contributed by atoms with Gasteiger partial charge in [0.15, 0.2) is 5.03 Å². The van der Waals surface area contributed by atoms with E-state index in [4.69, 9.17) is 5.73 Å². The molecular formula is C12H11FN4O2S. The van der Waals surface area contributed by atoms with Crippen molar-refractivity contribution in [1.29, 1.82) is 0 Å². The van der Waals surface area contributed by atoms with E-state index >= 15 is 0 Å². The third-order valence-electron chi connectivity index (χ3n) is 2.31. The van der Waals surface area contributed by atoms with Gasteiger partial charge in [0, 0.05) is 0 Å². The van der Waals surface area contributed by atoms with Crippen molar-refractivity contribution in [2.45, 2.75) is 5.03 Å². The van der Waals surface area contributed by atoms with Crippen molar-refractivity contribution in [3.63, 3.8) is 0 Å². The minimum absolute atomic E-state index is 0.0697. The number of rotatable bonds is 3. The number of nitrogens with zero attached hydrogens (tertiary/aromatic N) is 1. The number of hydrogen-bond donors (Lipinski definition) is 3. The number of nitrogens with one attached hydrogen (secondary N) is 2. The fourth-order valence-electron chi connectivity index (χ4n) is 1.43. The fraction of sp³-hybridized carbons (Fsp3) is 0.0833. The van der Waals surface area contributed by atoms with Crippen molar-refractivity contribution >= 4 is 15.7 Å². The van der Waals surface area contributed by atoms with E-state index in [1.165, 1.54) is 24.7 Å². The predicted molar refractivity (Wildman–Crippen MR) is 71.7 cm³/mol. The summed E-state index contributed by atoms with van der Waals surface area (Å²) in [5.41, 5.74) is 5.48. The van der Waals surface area contributed by atoms with E-state index in [1.807, 2.05) is 0 Å². The highest BCUT2D eigenvalue weighted by atomic mass is 32.2. The summed E-state index contributed by atoms with van der Waals surface area (Å²) in [5.74, 6) is 4.49. The maximum atomic E-state index is 13.5. The van der Waals surface area contributed by atoms with E-state index in [0.29, 0.717) is 0 Å². The number of benzene rings is 1. The molecule has 1 aromatic carbocycles. The second-order valence-electron chi connectivity index (χ2n) is 3.72. The van der Waals surface area contributed by atoms with Crippen LogP contribution in [0.3, 0.4) is 0 Å². The zero-order valence-corrected chi connectivity index (χ0v) is 11.0. The first-order valence-electron chi connectivity index (χ1n) is 5.52. The van der Waals surface area contributed by atoms with Gasteiger partial charge < -0.3 is 10.7 Å². The number of sulfonamides is 1. The normalized spacial score (nSPS) is 10.7. The summed E-state index contributed by atoms with van der Waals surface area (Å²) in [6, 6.07) is 3.73. The van der Waals surface area contributed by atoms with Crippen LogP contribution in [0.5, 0.6) is 0 Å². The van der Waals surface area contributed by atoms with Gasteiger partial charge >= 0.3 is 0 Å². The van der Waals surface area contributed by atoms with E-state index in [2.05, 4.69) is 26.5 Å². The number of aromatic nitrogens is 2. The van der Waals surface area contributed by atoms with Crippen LogP contribution in [0.1, 0.15) is 5.56 Å². The summed E-state index contributed by atoms with van der Waals surface area (Å²) < 4.78 is 39.6. The van der Waals surface area contributed by atoms with Gasteiger partial charge in [0.2, 0.25) is 0 Å². The zero-order chi connectivity index (χ0) is 14.6. The average molecular weight is 294 g/mol. The maximum absolute atomic E-state index is 13.5. The molecule has 0 aliphatic heterocycles. The second-order valence-corrected chi connectivity index (χ2v) is 5.37. The lowest BCUT2D eigenvalue weighted by Crippen LogP contribution is -2.13. The summed E-state index contributed by atoms with van der Waals surface area (Å²) in [7, 11) is -3.78. The first-order valence-corrected chi connectivity index (χ1v) is 7.01. The molecule has 0 radical (unpaired) electrons. The Balaban J connectivity index is 2.31. The average Bonchev–Trinajstić information content (AvgIpc) is 2.94. The van der Waals surface area contributed by atoms with Gasteiger partial charge in [-0.05, 0) is 18.2 Å². The van der Waals surface area contributed by atoms with Gasteiger partial charge in [0.05, 0.1) is 30.3 Å². The first-order chi connectivity index (χ1) is 9.53. The van der Waals surface area contributed by atoms with Crippen molar-refractivity contribution < 1.29 is 12.8 Å². The van der Waals surface area contributed by atoms with Gasteiger partial charge in [0.1, 0.15) is 5.82 Å². The molecule has 0 saturated carbocycles. The van der Waals surface area contributed by atoms with Crippen molar-refractivity contribution in [3.8, 4) is 11.8 Å². The van der Waals surface area contributed by atoms with Crippen LogP contribution < -0.4 is 10.5 Å². The predicted octanol–water partition coefficient (Wildman–Crippen LogP) is 0.660. The molecule has 2 aromatic rings. The summed E-state index contributed by atoms with van der Waals surface area (Å²) in [6.07, 6.45) is 2.42. The van der Waals surface area contributed by atoms with Gasteiger partial charge in [-0.25, -0.2) is 9.37 Å². The van der Waals surface area contributed by atoms with Crippen LogP contribution in [-0.4, -0.2) is 24.9 Å². The Morgan fingerprint density at radius 3 is 2.90 bits per heavy atom. The molecular weight excluding hydrogens is 283 g/mol. The topological polar surface area (TPSA) is 101 Å². The molecule has 0 bridgehead atoms. The standard InChI is InChI=1S/C12H11FN4O2S/c13-11-4-3-10(6-9(11)2-1-5-14)17-20(18,19)12-7-15-8-16-12/h3-4,6-8,17H,5,14H2,(H,15,16). The number of nitrogens with two attached hydrogens (primary N) is 1. The molecule has 4 N–H and O–H groups in total. The molecule has 0 atom stereocenters. The van der Waals surface area contributed by atoms with Crippen LogP contribution in [0.25, 0.3) is 0 Å². The minimum atomic E-state index is -3.78. The molecule has 6 nitrogen and oxygen atoms in total. The summed E-state index contributed by atoms with van der Waals surface area (Å²) in [6.45, 7) is 0.0868. The maximum Gasteiger partial charge on any atom is 0.278 e. The summed E-state index contributed by atoms with van der Waals surface area (Å²) >= 11 is 0. The van der Waals surface area contributed by atoms with Gasteiger partial charge in [-0.1, -0.05) is 11.8 Å². The number of aromatic amines is 1. The van der Waals surface area contributed by atoms with E-state index in [1.54, 1.807) is 0 Å². The molecule has 0 aliphatic carbocycles. The van der Waals surface area contributed by atoms with Crippen LogP contribution in [0.15, 0.2) is 35.7 Å². The van der Waals surface area contributed by atoms with Crippen LogP contribution >= 0.6 is 0 Å². The van der Waals surface area contributed by atoms with E-state index in [0.717, 1.165) is 6.07 Å². The highest BCUT2D eigenvalue weighted by Crippen LogP contribution is 2.17. The second kappa shape index (κ2) is 5.73. The Kier molecular flexibility index (Phi) is 4.02. The third-order valence-corrected chi connectivity index (χ3v) is 3.61. The van der Waals surface area contributed by atoms with Gasteiger partial charge in [0.25, 0.3) is 10.0 Å². The lowest BCUT2D eigenvalue weighted by atomic mass is 10.2. The number of hydrogen-bond acceptors (Lipinski definition) is 4. The van der Waals surface area contributed by atoms with Crippen molar-refractivity contribution in [2.75, 3.05) is 11.3 Å². The van der Waals surface area contributed by atoms with E-state index in [-0.39, 0.29) is 22.8 Å². The lowest BCUT2D eigenvalue weighted by Gasteiger charge is -2.06. The monoisotopic (exact) mass is 294 g/mol. The number of halogens is 1. The first kappa shape index (κ1) is 14.0. The zero-order valence-electron chi connectivity index (χ0n) is 10.2. The molecule has 8 heteroatoms. The molecule has 0 spiro atoms. The van der Waals surface area contributed by atoms with Crippen LogP contribution in [0, 0.1) is 17.7 Å². The Morgan fingerprint density at radius 1 is 1.45 bits per heavy atom. The van der Waals surface area contributed by atoms with Crippen molar-refractivity contribution in [2.24, 2.45) is 5.73 Å². The molecule has 0 amide bonds. The van der Waals surface area contributed by atoms with Crippen molar-refractivity contribution in [1.82, 2.24) is 9.97 Å². The van der Waals surface area contributed by atoms with E-state index in [9.17, 15) is 12.8 Å².